The highest BCUT2D eigenvalue weighted by Gasteiger charge is 2.26. The molecule has 290 valence electrons. The van der Waals surface area contributed by atoms with Crippen molar-refractivity contribution in [2.24, 2.45) is 0 Å². The number of hydrogen-bond donors (Lipinski definition) is 0. The van der Waals surface area contributed by atoms with Crippen LogP contribution in [0.15, 0.2) is 197 Å². The van der Waals surface area contributed by atoms with E-state index in [2.05, 4.69) is 180 Å². The minimum absolute atomic E-state index is 0.562. The monoisotopic (exact) mass is 801 g/mol. The van der Waals surface area contributed by atoms with Crippen LogP contribution in [0.5, 0.6) is 0 Å². The van der Waals surface area contributed by atoms with Gasteiger partial charge in [0.05, 0.1) is 16.7 Å². The van der Waals surface area contributed by atoms with Crippen molar-refractivity contribution in [1.82, 2.24) is 14.5 Å². The summed E-state index contributed by atoms with van der Waals surface area (Å²) < 4.78 is 16.4. The number of rotatable bonds is 2. The number of nitrogens with zero attached hydrogens (tertiary/aromatic N) is 3. The van der Waals surface area contributed by atoms with Gasteiger partial charge in [-0.15, -0.1) is 0 Å². The van der Waals surface area contributed by atoms with Crippen LogP contribution in [0.2, 0.25) is 0 Å². The van der Waals surface area contributed by atoms with Crippen LogP contribution in [0.3, 0.4) is 0 Å². The summed E-state index contributed by atoms with van der Waals surface area (Å²) in [5.41, 5.74) is 7.86. The van der Waals surface area contributed by atoms with Gasteiger partial charge in [0.15, 0.2) is 5.58 Å². The van der Waals surface area contributed by atoms with Crippen LogP contribution < -0.4 is 0 Å². The van der Waals surface area contributed by atoms with Crippen LogP contribution in [0.1, 0.15) is 0 Å². The van der Waals surface area contributed by atoms with E-state index < -0.39 is 0 Å². The van der Waals surface area contributed by atoms with Gasteiger partial charge in [-0.2, -0.15) is 0 Å². The Hall–Kier alpha value is -8.54. The molecule has 0 spiro atoms. The molecule has 0 radical (unpaired) electrons. The Morgan fingerprint density at radius 3 is 1.71 bits per heavy atom. The van der Waals surface area contributed by atoms with Crippen LogP contribution >= 0.6 is 0 Å². The van der Waals surface area contributed by atoms with E-state index in [-0.39, 0.29) is 0 Å². The fourth-order valence-corrected chi connectivity index (χ4v) is 10.9. The molecule has 15 aromatic rings. The van der Waals surface area contributed by atoms with Gasteiger partial charge in [0.25, 0.3) is 0 Å². The molecular formula is C58H31N3O2. The van der Waals surface area contributed by atoms with Gasteiger partial charge in [-0.25, -0.2) is 9.97 Å². The first-order valence-corrected chi connectivity index (χ1v) is 21.4. The van der Waals surface area contributed by atoms with Crippen LogP contribution in [0, 0.1) is 0 Å². The van der Waals surface area contributed by atoms with Gasteiger partial charge in [-0.3, -0.25) is 4.57 Å². The Bertz CT molecular complexity index is 4510. The topological polar surface area (TPSA) is 57.0 Å². The maximum absolute atomic E-state index is 7.51. The van der Waals surface area contributed by atoms with Gasteiger partial charge < -0.3 is 8.83 Å². The third-order valence-corrected chi connectivity index (χ3v) is 13.6. The first-order chi connectivity index (χ1) is 31.3. The Kier molecular flexibility index (Phi) is 6.36. The van der Waals surface area contributed by atoms with Crippen LogP contribution in [0.4, 0.5) is 0 Å². The first kappa shape index (κ1) is 33.2. The van der Waals surface area contributed by atoms with Crippen molar-refractivity contribution in [2.75, 3.05) is 0 Å². The highest BCUT2D eigenvalue weighted by molar-refractivity contribution is 6.42. The molecule has 0 fully saturated rings. The predicted octanol–water partition coefficient (Wildman–Crippen LogP) is 16.0. The van der Waals surface area contributed by atoms with Crippen molar-refractivity contribution in [1.29, 1.82) is 0 Å². The van der Waals surface area contributed by atoms with Crippen molar-refractivity contribution >= 4 is 130 Å². The normalized spacial score (nSPS) is 12.4. The van der Waals surface area contributed by atoms with Crippen LogP contribution in [-0.4, -0.2) is 14.5 Å². The molecule has 0 aliphatic carbocycles. The maximum atomic E-state index is 7.51. The molecule has 11 aromatic carbocycles. The zero-order chi connectivity index (χ0) is 40.9. The van der Waals surface area contributed by atoms with Gasteiger partial charge in [0, 0.05) is 59.4 Å². The molecule has 0 saturated heterocycles. The number of furan rings is 2. The van der Waals surface area contributed by atoms with Crippen molar-refractivity contribution < 1.29 is 8.83 Å². The zero-order valence-electron chi connectivity index (χ0n) is 33.6. The molecule has 4 heterocycles. The lowest BCUT2D eigenvalue weighted by atomic mass is 9.89. The summed E-state index contributed by atoms with van der Waals surface area (Å²) in [6.07, 6.45) is 0. The molecule has 4 aromatic heterocycles. The van der Waals surface area contributed by atoms with Gasteiger partial charge in [-0.1, -0.05) is 158 Å². The first-order valence-electron chi connectivity index (χ1n) is 21.4. The largest absolute Gasteiger partial charge is 0.455 e. The summed E-state index contributed by atoms with van der Waals surface area (Å²) >= 11 is 0. The van der Waals surface area contributed by atoms with E-state index in [1.54, 1.807) is 0 Å². The van der Waals surface area contributed by atoms with Gasteiger partial charge >= 0.3 is 0 Å². The van der Waals surface area contributed by atoms with Crippen LogP contribution in [0.25, 0.3) is 148 Å². The summed E-state index contributed by atoms with van der Waals surface area (Å²) in [4.78, 5) is 11.2. The van der Waals surface area contributed by atoms with E-state index >= 15 is 0 Å². The minimum atomic E-state index is 0.562. The number of fused-ring (bicyclic) bond motifs is 23. The Morgan fingerprint density at radius 1 is 0.333 bits per heavy atom. The minimum Gasteiger partial charge on any atom is -0.455 e. The summed E-state index contributed by atoms with van der Waals surface area (Å²) in [5.74, 6) is 0.562. The van der Waals surface area contributed by atoms with Crippen molar-refractivity contribution in [2.45, 2.75) is 0 Å². The lowest BCUT2D eigenvalue weighted by Crippen LogP contribution is -2.04. The second kappa shape index (κ2) is 12.1. The summed E-state index contributed by atoms with van der Waals surface area (Å²) in [6.45, 7) is 0. The average molecular weight is 802 g/mol. The quantitative estimate of drug-likeness (QED) is 0.163. The molecule has 63 heavy (non-hydrogen) atoms. The molecule has 0 atom stereocenters. The Labute approximate surface area is 357 Å². The van der Waals surface area contributed by atoms with Gasteiger partial charge in [0.1, 0.15) is 22.3 Å². The van der Waals surface area contributed by atoms with E-state index in [4.69, 9.17) is 18.8 Å². The Morgan fingerprint density at radius 2 is 0.921 bits per heavy atom. The smallest absolute Gasteiger partial charge is 0.235 e. The van der Waals surface area contributed by atoms with E-state index in [0.29, 0.717) is 5.95 Å². The van der Waals surface area contributed by atoms with Gasteiger partial charge in [0.2, 0.25) is 5.95 Å². The van der Waals surface area contributed by atoms with E-state index in [1.807, 2.05) is 12.1 Å². The molecule has 0 aliphatic heterocycles. The molecule has 0 unspecified atom stereocenters. The second-order valence-corrected chi connectivity index (χ2v) is 16.7. The highest BCUT2D eigenvalue weighted by Crippen LogP contribution is 2.49. The predicted molar refractivity (Wildman–Crippen MR) is 261 cm³/mol. The molecule has 0 amide bonds. The van der Waals surface area contributed by atoms with E-state index in [0.717, 1.165) is 109 Å². The molecule has 0 aliphatic rings. The average Bonchev–Trinajstić information content (AvgIpc) is 4.04. The van der Waals surface area contributed by atoms with E-state index in [9.17, 15) is 0 Å². The molecule has 0 N–H and O–H groups in total. The fourth-order valence-electron chi connectivity index (χ4n) is 10.9. The fraction of sp³-hybridized carbons (Fsp3) is 0. The SMILES string of the molecule is c1ccc2c(c1)ccc1c(-c3cccc4c3oc3ccccc34)nc(-n3c4ccccc4c4ccc5c(oc6c5c5ccccc5c5c7ccccc7c7ccccc7c65)c43)nc12. The lowest BCUT2D eigenvalue weighted by Gasteiger charge is -2.13. The number of aromatic nitrogens is 3. The maximum Gasteiger partial charge on any atom is 0.235 e. The van der Waals surface area contributed by atoms with Gasteiger partial charge in [-0.05, 0) is 68.0 Å². The lowest BCUT2D eigenvalue weighted by molar-refractivity contribution is 0.669. The second-order valence-electron chi connectivity index (χ2n) is 16.7. The third kappa shape index (κ3) is 4.30. The molecular weight excluding hydrogens is 771 g/mol. The number of benzene rings is 11. The van der Waals surface area contributed by atoms with E-state index in [1.165, 1.54) is 32.3 Å². The highest BCUT2D eigenvalue weighted by atomic mass is 16.3. The zero-order valence-corrected chi connectivity index (χ0v) is 33.6. The van der Waals surface area contributed by atoms with Crippen molar-refractivity contribution in [3.8, 4) is 17.2 Å². The summed E-state index contributed by atoms with van der Waals surface area (Å²) in [6, 6.07) is 66.8. The molecule has 0 saturated carbocycles. The molecule has 0 bridgehead atoms. The summed E-state index contributed by atoms with van der Waals surface area (Å²) in [5, 5.41) is 19.1. The Balaban J connectivity index is 1.14. The summed E-state index contributed by atoms with van der Waals surface area (Å²) in [7, 11) is 0. The van der Waals surface area contributed by atoms with Crippen molar-refractivity contribution in [3.05, 3.63) is 188 Å². The van der Waals surface area contributed by atoms with Crippen LogP contribution in [-0.2, 0) is 0 Å². The third-order valence-electron chi connectivity index (χ3n) is 13.6. The number of hydrogen-bond acceptors (Lipinski definition) is 4. The molecule has 5 heteroatoms. The molecule has 5 nitrogen and oxygen atoms in total. The number of para-hydroxylation sites is 3. The standard InChI is InChI=1S/C58H31N3O2/c1-2-15-33-32(14-1)28-29-45-52(33)59-58(60-53(45)46-25-13-24-43-37-19-10-12-27-48(37)62-55(43)46)61-47-26-11-9-18-36(47)42-30-31-44-50-41-23-8-7-22-40(41)49-38-20-5-3-16-34(38)35-17-4-6-21-39(35)51(49)57(50)63-56(44)54(42)61/h1-31H. The molecule has 15 rings (SSSR count). The van der Waals surface area contributed by atoms with Crippen molar-refractivity contribution in [3.63, 3.8) is 0 Å².